The maximum absolute atomic E-state index is 5.29. The Kier molecular flexibility index (Phi) is 2.36. The molecule has 0 aromatic carbocycles. The van der Waals surface area contributed by atoms with Crippen molar-refractivity contribution >= 4 is 11.8 Å². The molecule has 12 heavy (non-hydrogen) atoms. The number of rotatable bonds is 1. The van der Waals surface area contributed by atoms with Gasteiger partial charge in [0.2, 0.25) is 0 Å². The lowest BCUT2D eigenvalue weighted by molar-refractivity contribution is 0.00317. The van der Waals surface area contributed by atoms with Crippen LogP contribution in [0.5, 0.6) is 0 Å². The zero-order chi connectivity index (χ0) is 8.60. The van der Waals surface area contributed by atoms with Crippen molar-refractivity contribution in [1.82, 2.24) is 5.32 Å². The molecule has 1 aliphatic heterocycles. The first kappa shape index (κ1) is 8.85. The molecular weight excluding hydrogens is 170 g/mol. The van der Waals surface area contributed by atoms with E-state index in [0.29, 0.717) is 11.0 Å². The second-order valence-electron chi connectivity index (χ2n) is 4.06. The maximum atomic E-state index is 5.29. The fraction of sp³-hybridized carbons (Fsp3) is 1.00. The minimum atomic E-state index is 0.396. The number of hydrogen-bond acceptors (Lipinski definition) is 3. The molecular formula is C9H17NOS. The Labute approximate surface area is 78.4 Å². The molecule has 3 heteroatoms. The summed E-state index contributed by atoms with van der Waals surface area (Å²) in [7, 11) is 1.81. The van der Waals surface area contributed by atoms with Gasteiger partial charge in [-0.25, -0.2) is 0 Å². The van der Waals surface area contributed by atoms with Crippen LogP contribution in [0.4, 0.5) is 0 Å². The summed E-state index contributed by atoms with van der Waals surface area (Å²) in [6.45, 7) is 3.49. The molecule has 1 heterocycles. The molecule has 0 aromatic rings. The molecule has 0 amide bonds. The lowest BCUT2D eigenvalue weighted by Crippen LogP contribution is -2.59. The van der Waals surface area contributed by atoms with E-state index in [1.165, 1.54) is 25.1 Å². The van der Waals surface area contributed by atoms with Gasteiger partial charge >= 0.3 is 0 Å². The van der Waals surface area contributed by atoms with Crippen LogP contribution in [0.2, 0.25) is 0 Å². The summed E-state index contributed by atoms with van der Waals surface area (Å²) < 4.78 is 5.29. The van der Waals surface area contributed by atoms with E-state index >= 15 is 0 Å². The van der Waals surface area contributed by atoms with Crippen LogP contribution in [0.15, 0.2) is 0 Å². The highest BCUT2D eigenvalue weighted by molar-refractivity contribution is 8.00. The quantitative estimate of drug-likeness (QED) is 0.671. The molecule has 1 aliphatic carbocycles. The number of methoxy groups -OCH3 is 1. The largest absolute Gasteiger partial charge is 0.381 e. The van der Waals surface area contributed by atoms with E-state index < -0.39 is 0 Å². The fourth-order valence-corrected chi connectivity index (χ4v) is 3.39. The van der Waals surface area contributed by atoms with E-state index in [9.17, 15) is 0 Å². The number of hydrogen-bond donors (Lipinski definition) is 1. The molecule has 2 rings (SSSR count). The predicted octanol–water partition coefficient (Wildman–Crippen LogP) is 1.46. The summed E-state index contributed by atoms with van der Waals surface area (Å²) in [4.78, 5) is 0.396. The van der Waals surface area contributed by atoms with Crippen molar-refractivity contribution in [2.45, 2.75) is 30.7 Å². The van der Waals surface area contributed by atoms with Crippen LogP contribution in [-0.4, -0.2) is 30.4 Å². The second kappa shape index (κ2) is 3.20. The normalized spacial score (nSPS) is 47.5. The fourth-order valence-electron chi connectivity index (χ4n) is 1.88. The molecule has 1 saturated heterocycles. The van der Waals surface area contributed by atoms with Gasteiger partial charge in [-0.2, -0.15) is 0 Å². The van der Waals surface area contributed by atoms with Gasteiger partial charge in [0.15, 0.2) is 0 Å². The third-order valence-corrected chi connectivity index (χ3v) is 4.63. The Morgan fingerprint density at radius 1 is 1.50 bits per heavy atom. The van der Waals surface area contributed by atoms with Gasteiger partial charge in [0.1, 0.15) is 0 Å². The molecule has 1 atom stereocenters. The van der Waals surface area contributed by atoms with Crippen LogP contribution in [0.1, 0.15) is 19.8 Å². The lowest BCUT2D eigenvalue weighted by atomic mass is 9.87. The third kappa shape index (κ3) is 1.50. The minimum Gasteiger partial charge on any atom is -0.381 e. The molecule has 1 N–H and O–H groups in total. The zero-order valence-corrected chi connectivity index (χ0v) is 8.62. The van der Waals surface area contributed by atoms with E-state index in [1.54, 1.807) is 0 Å². The van der Waals surface area contributed by atoms with Crippen LogP contribution in [0, 0.1) is 5.92 Å². The summed E-state index contributed by atoms with van der Waals surface area (Å²) in [5.41, 5.74) is 0. The molecule has 1 saturated carbocycles. The number of nitrogens with one attached hydrogen (secondary N) is 1. The Morgan fingerprint density at radius 2 is 2.25 bits per heavy atom. The van der Waals surface area contributed by atoms with Gasteiger partial charge in [-0.1, -0.05) is 6.92 Å². The van der Waals surface area contributed by atoms with Gasteiger partial charge in [-0.05, 0) is 18.2 Å². The molecule has 2 fully saturated rings. The first-order chi connectivity index (χ1) is 5.74. The van der Waals surface area contributed by atoms with Gasteiger partial charge < -0.3 is 10.1 Å². The average Bonchev–Trinajstić information content (AvgIpc) is 2.02. The molecule has 1 unspecified atom stereocenters. The van der Waals surface area contributed by atoms with Gasteiger partial charge in [-0.15, -0.1) is 11.8 Å². The van der Waals surface area contributed by atoms with Crippen molar-refractivity contribution in [1.29, 1.82) is 0 Å². The van der Waals surface area contributed by atoms with Gasteiger partial charge in [-0.3, -0.25) is 0 Å². The number of ether oxygens (including phenoxy) is 1. The minimum absolute atomic E-state index is 0.396. The third-order valence-electron chi connectivity index (χ3n) is 2.86. The monoisotopic (exact) mass is 187 g/mol. The van der Waals surface area contributed by atoms with Gasteiger partial charge in [0.05, 0.1) is 11.0 Å². The van der Waals surface area contributed by atoms with Crippen molar-refractivity contribution in [3.05, 3.63) is 0 Å². The van der Waals surface area contributed by atoms with Crippen LogP contribution >= 0.6 is 11.8 Å². The van der Waals surface area contributed by atoms with Crippen molar-refractivity contribution in [2.24, 2.45) is 5.92 Å². The van der Waals surface area contributed by atoms with Crippen molar-refractivity contribution in [3.8, 4) is 0 Å². The van der Waals surface area contributed by atoms with E-state index in [0.717, 1.165) is 5.92 Å². The molecule has 0 radical (unpaired) electrons. The van der Waals surface area contributed by atoms with E-state index in [-0.39, 0.29) is 0 Å². The van der Waals surface area contributed by atoms with E-state index in [1.807, 2.05) is 7.11 Å². The Bertz CT molecular complexity index is 150. The SMILES string of the molecule is COC1CC2(C1)NCC(C)CS2. The maximum Gasteiger partial charge on any atom is 0.0695 e. The highest BCUT2D eigenvalue weighted by Crippen LogP contribution is 2.45. The molecule has 0 aromatic heterocycles. The molecule has 2 nitrogen and oxygen atoms in total. The van der Waals surface area contributed by atoms with Crippen LogP contribution in [0.25, 0.3) is 0 Å². The molecule has 2 aliphatic rings. The first-order valence-corrected chi connectivity index (χ1v) is 5.64. The van der Waals surface area contributed by atoms with Crippen molar-refractivity contribution < 1.29 is 4.74 Å². The van der Waals surface area contributed by atoms with Gasteiger partial charge in [0.25, 0.3) is 0 Å². The number of thioether (sulfide) groups is 1. The highest BCUT2D eigenvalue weighted by atomic mass is 32.2. The zero-order valence-electron chi connectivity index (χ0n) is 7.80. The summed E-state index contributed by atoms with van der Waals surface area (Å²) in [6.07, 6.45) is 2.90. The Balaban J connectivity index is 1.83. The summed E-state index contributed by atoms with van der Waals surface area (Å²) in [6, 6.07) is 0. The summed E-state index contributed by atoms with van der Waals surface area (Å²) >= 11 is 2.09. The summed E-state index contributed by atoms with van der Waals surface area (Å²) in [5, 5.41) is 3.63. The van der Waals surface area contributed by atoms with E-state index in [4.69, 9.17) is 4.74 Å². The van der Waals surface area contributed by atoms with Crippen LogP contribution in [0.3, 0.4) is 0 Å². The van der Waals surface area contributed by atoms with Gasteiger partial charge in [0, 0.05) is 20.0 Å². The Hall–Kier alpha value is 0.270. The smallest absolute Gasteiger partial charge is 0.0695 e. The molecule has 0 bridgehead atoms. The van der Waals surface area contributed by atoms with Crippen molar-refractivity contribution in [2.75, 3.05) is 19.4 Å². The highest BCUT2D eigenvalue weighted by Gasteiger charge is 2.46. The topological polar surface area (TPSA) is 21.3 Å². The van der Waals surface area contributed by atoms with Crippen molar-refractivity contribution in [3.63, 3.8) is 0 Å². The standard InChI is InChI=1S/C9H17NOS/c1-7-5-10-9(12-6-7)3-8(4-9)11-2/h7-8,10H,3-6H2,1-2H3. The lowest BCUT2D eigenvalue weighted by Gasteiger charge is -2.50. The van der Waals surface area contributed by atoms with Crippen LogP contribution < -0.4 is 5.32 Å². The average molecular weight is 187 g/mol. The second-order valence-corrected chi connectivity index (χ2v) is 5.46. The van der Waals surface area contributed by atoms with E-state index in [2.05, 4.69) is 24.0 Å². The predicted molar refractivity (Wildman–Crippen MR) is 52.4 cm³/mol. The molecule has 70 valence electrons. The molecule has 1 spiro atoms. The summed E-state index contributed by atoms with van der Waals surface area (Å²) in [5.74, 6) is 2.14. The first-order valence-electron chi connectivity index (χ1n) is 4.66. The Morgan fingerprint density at radius 3 is 2.75 bits per heavy atom. The van der Waals surface area contributed by atoms with Crippen LogP contribution in [-0.2, 0) is 4.74 Å².